The molecule has 0 aromatic rings. The molecule has 0 saturated carbocycles. The zero-order valence-corrected chi connectivity index (χ0v) is 11.0. The first-order valence-electron chi connectivity index (χ1n) is 4.81. The van der Waals surface area contributed by atoms with Crippen LogP contribution in [0.15, 0.2) is 11.0 Å². The van der Waals surface area contributed by atoms with E-state index in [1.54, 1.807) is 5.20 Å². The van der Waals surface area contributed by atoms with Crippen molar-refractivity contribution >= 4 is 10.2 Å². The van der Waals surface area contributed by atoms with E-state index >= 15 is 0 Å². The lowest BCUT2D eigenvalue weighted by Gasteiger charge is -2.17. The average molecular weight is 186 g/mol. The van der Waals surface area contributed by atoms with E-state index in [9.17, 15) is 0 Å². The Balaban J connectivity index is 4.32. The maximum atomic E-state index is 3.37. The summed E-state index contributed by atoms with van der Waals surface area (Å²) in [5, 5.41) is 8.28. The van der Waals surface area contributed by atoms with Gasteiger partial charge >= 0.3 is 0 Å². The summed E-state index contributed by atoms with van der Waals surface area (Å²) in [7, 11) is 1.14. The highest BCUT2D eigenvalue weighted by Gasteiger charge is 2.03. The summed E-state index contributed by atoms with van der Waals surface area (Å²) in [6.07, 6.45) is 0. The Kier molecular flexibility index (Phi) is 5.89. The van der Waals surface area contributed by atoms with Gasteiger partial charge in [0, 0.05) is 23.3 Å². The predicted octanol–water partition coefficient (Wildman–Crippen LogP) is 0.396. The van der Waals surface area contributed by atoms with E-state index in [1.165, 1.54) is 5.82 Å². The Morgan fingerprint density at radius 1 is 1.17 bits per heavy atom. The zero-order valence-electron chi connectivity index (χ0n) is 8.99. The van der Waals surface area contributed by atoms with Crippen LogP contribution in [0.3, 0.4) is 0 Å². The van der Waals surface area contributed by atoms with Crippen molar-refractivity contribution in [3.05, 3.63) is 11.0 Å². The molecule has 0 bridgehead atoms. The lowest BCUT2D eigenvalue weighted by atomic mass is 10.2. The molecule has 0 amide bonds. The first-order chi connectivity index (χ1) is 5.63. The van der Waals surface area contributed by atoms with E-state index in [1.807, 2.05) is 0 Å². The largest absolute Gasteiger partial charge is 0.373 e. The molecule has 0 heterocycles. The monoisotopic (exact) mass is 186 g/mol. The van der Waals surface area contributed by atoms with Gasteiger partial charge in [-0.1, -0.05) is 19.0 Å². The SMILES string of the molecule is CCNC(NCC)=C([SiH3])C(C)C. The maximum absolute atomic E-state index is 3.37. The van der Waals surface area contributed by atoms with Crippen LogP contribution in [-0.2, 0) is 0 Å². The Labute approximate surface area is 79.2 Å². The van der Waals surface area contributed by atoms with Crippen LogP contribution in [0, 0.1) is 5.92 Å². The third-order valence-corrected chi connectivity index (χ3v) is 3.62. The highest BCUT2D eigenvalue weighted by atomic mass is 28.1. The molecule has 0 aromatic carbocycles. The summed E-state index contributed by atoms with van der Waals surface area (Å²) in [6.45, 7) is 10.8. The summed E-state index contributed by atoms with van der Waals surface area (Å²) < 4.78 is 0. The fraction of sp³-hybridized carbons (Fsp3) is 0.778. The second kappa shape index (κ2) is 6.12. The molecule has 0 atom stereocenters. The highest BCUT2D eigenvalue weighted by Crippen LogP contribution is 2.06. The predicted molar refractivity (Wildman–Crippen MR) is 59.2 cm³/mol. The van der Waals surface area contributed by atoms with Crippen LogP contribution < -0.4 is 10.6 Å². The Bertz CT molecular complexity index is 145. The van der Waals surface area contributed by atoms with Crippen molar-refractivity contribution in [2.75, 3.05) is 13.1 Å². The Morgan fingerprint density at radius 3 is 1.83 bits per heavy atom. The third kappa shape index (κ3) is 3.81. The molecule has 72 valence electrons. The van der Waals surface area contributed by atoms with E-state index in [4.69, 9.17) is 0 Å². The van der Waals surface area contributed by atoms with Crippen LogP contribution in [0.2, 0.25) is 0 Å². The van der Waals surface area contributed by atoms with Crippen molar-refractivity contribution in [2.45, 2.75) is 27.7 Å². The molecule has 0 aromatic heterocycles. The van der Waals surface area contributed by atoms with Crippen LogP contribution in [0.25, 0.3) is 0 Å². The Hall–Kier alpha value is -0.443. The summed E-state index contributed by atoms with van der Waals surface area (Å²) >= 11 is 0. The highest BCUT2D eigenvalue weighted by molar-refractivity contribution is 6.22. The van der Waals surface area contributed by atoms with E-state index in [0.29, 0.717) is 5.92 Å². The molecular formula is C9H22N2Si. The van der Waals surface area contributed by atoms with Gasteiger partial charge in [0.15, 0.2) is 0 Å². The van der Waals surface area contributed by atoms with Crippen molar-refractivity contribution < 1.29 is 0 Å². The van der Waals surface area contributed by atoms with Crippen molar-refractivity contribution in [2.24, 2.45) is 5.92 Å². The topological polar surface area (TPSA) is 24.1 Å². The van der Waals surface area contributed by atoms with Crippen LogP contribution in [-0.4, -0.2) is 23.3 Å². The van der Waals surface area contributed by atoms with Gasteiger partial charge in [-0.2, -0.15) is 0 Å². The van der Waals surface area contributed by atoms with Crippen LogP contribution in [0.1, 0.15) is 27.7 Å². The first-order valence-corrected chi connectivity index (χ1v) is 5.81. The fourth-order valence-electron chi connectivity index (χ4n) is 0.984. The normalized spacial score (nSPS) is 10.1. The smallest absolute Gasteiger partial charge is 0.0930 e. The molecule has 2 N–H and O–H groups in total. The van der Waals surface area contributed by atoms with E-state index in [2.05, 4.69) is 38.3 Å². The van der Waals surface area contributed by atoms with Gasteiger partial charge < -0.3 is 10.6 Å². The van der Waals surface area contributed by atoms with E-state index < -0.39 is 0 Å². The lowest BCUT2D eigenvalue weighted by Crippen LogP contribution is -2.29. The molecule has 0 aliphatic heterocycles. The molecular weight excluding hydrogens is 164 g/mol. The number of hydrogen-bond acceptors (Lipinski definition) is 2. The molecule has 0 unspecified atom stereocenters. The van der Waals surface area contributed by atoms with Crippen molar-refractivity contribution in [1.82, 2.24) is 10.6 Å². The van der Waals surface area contributed by atoms with E-state index in [0.717, 1.165) is 23.3 Å². The second-order valence-electron chi connectivity index (χ2n) is 3.27. The van der Waals surface area contributed by atoms with Crippen LogP contribution in [0.5, 0.6) is 0 Å². The third-order valence-electron chi connectivity index (χ3n) is 1.97. The second-order valence-corrected chi connectivity index (χ2v) is 4.35. The first kappa shape index (κ1) is 11.6. The zero-order chi connectivity index (χ0) is 9.56. The van der Waals surface area contributed by atoms with Gasteiger partial charge in [0.2, 0.25) is 0 Å². The number of allylic oxidation sites excluding steroid dienone is 1. The van der Waals surface area contributed by atoms with Gasteiger partial charge in [0.25, 0.3) is 0 Å². The lowest BCUT2D eigenvalue weighted by molar-refractivity contribution is 0.680. The minimum absolute atomic E-state index is 0.671. The quantitative estimate of drug-likeness (QED) is 0.607. The maximum Gasteiger partial charge on any atom is 0.0930 e. The fourth-order valence-corrected chi connectivity index (χ4v) is 1.34. The van der Waals surface area contributed by atoms with Gasteiger partial charge in [-0.05, 0) is 19.8 Å². The van der Waals surface area contributed by atoms with Crippen LogP contribution in [0.4, 0.5) is 0 Å². The van der Waals surface area contributed by atoms with Gasteiger partial charge in [-0.15, -0.1) is 0 Å². The van der Waals surface area contributed by atoms with Gasteiger partial charge in [0.05, 0.1) is 5.82 Å². The molecule has 0 spiro atoms. The van der Waals surface area contributed by atoms with Gasteiger partial charge in [0.1, 0.15) is 0 Å². The number of nitrogens with one attached hydrogen (secondary N) is 2. The molecule has 0 saturated heterocycles. The summed E-state index contributed by atoms with van der Waals surface area (Å²) in [4.78, 5) is 0. The summed E-state index contributed by atoms with van der Waals surface area (Å²) in [5.74, 6) is 1.94. The Morgan fingerprint density at radius 2 is 1.58 bits per heavy atom. The molecule has 0 fully saturated rings. The molecule has 0 radical (unpaired) electrons. The van der Waals surface area contributed by atoms with Crippen molar-refractivity contribution in [3.8, 4) is 0 Å². The molecule has 0 aliphatic carbocycles. The molecule has 0 aliphatic rings. The summed E-state index contributed by atoms with van der Waals surface area (Å²) in [5.41, 5.74) is 0. The van der Waals surface area contributed by atoms with Crippen molar-refractivity contribution in [3.63, 3.8) is 0 Å². The van der Waals surface area contributed by atoms with Gasteiger partial charge in [-0.25, -0.2) is 0 Å². The van der Waals surface area contributed by atoms with Crippen LogP contribution >= 0.6 is 0 Å². The molecule has 2 nitrogen and oxygen atoms in total. The molecule has 12 heavy (non-hydrogen) atoms. The molecule has 0 rings (SSSR count). The minimum atomic E-state index is 0.671. The molecule has 3 heteroatoms. The number of rotatable bonds is 5. The van der Waals surface area contributed by atoms with Gasteiger partial charge in [-0.3, -0.25) is 0 Å². The average Bonchev–Trinajstić information content (AvgIpc) is 2.03. The minimum Gasteiger partial charge on any atom is -0.373 e. The number of hydrogen-bond donors (Lipinski definition) is 2. The van der Waals surface area contributed by atoms with E-state index in [-0.39, 0.29) is 0 Å². The standard InChI is InChI=1S/C9H22N2Si/c1-5-10-9(11-6-2)8(12)7(3)4/h7,10-11H,5-6H2,1-4,12H3. The summed E-state index contributed by atoms with van der Waals surface area (Å²) in [6, 6.07) is 0. The van der Waals surface area contributed by atoms with Crippen molar-refractivity contribution in [1.29, 1.82) is 0 Å².